The Balaban J connectivity index is 0.000000181. The minimum atomic E-state index is 0.468. The van der Waals surface area contributed by atoms with E-state index >= 15 is 0 Å². The second kappa shape index (κ2) is 7.36. The zero-order valence-electron chi connectivity index (χ0n) is 10.3. The molecular weight excluding hydrogens is 198 g/mol. The van der Waals surface area contributed by atoms with Crippen LogP contribution >= 0.6 is 0 Å². The zero-order chi connectivity index (χ0) is 11.8. The van der Waals surface area contributed by atoms with Crippen LogP contribution in [0, 0.1) is 0 Å². The lowest BCUT2D eigenvalue weighted by molar-refractivity contribution is 0.173. The number of hydrogen-bond acceptors (Lipinski definition) is 3. The molecule has 1 aliphatic rings. The van der Waals surface area contributed by atoms with Crippen LogP contribution in [0.3, 0.4) is 0 Å². The van der Waals surface area contributed by atoms with E-state index in [4.69, 9.17) is 5.73 Å². The number of hydrogen-bond donors (Lipinski definition) is 1. The monoisotopic (exact) mass is 221 g/mol. The fraction of sp³-hybridized carbons (Fsp3) is 0.615. The first-order valence-electron chi connectivity index (χ1n) is 6.04. The molecule has 0 aromatic carbocycles. The quantitative estimate of drug-likeness (QED) is 0.787. The van der Waals surface area contributed by atoms with Gasteiger partial charge < -0.3 is 10.6 Å². The van der Waals surface area contributed by atoms with Crippen molar-refractivity contribution in [3.05, 3.63) is 30.6 Å². The number of nitrogens with zero attached hydrogens (tertiary/aromatic N) is 2. The van der Waals surface area contributed by atoms with Crippen LogP contribution in [-0.4, -0.2) is 35.1 Å². The number of likely N-dealkylation sites (tertiary alicyclic amines) is 1. The molecule has 0 atom stereocenters. The molecule has 0 saturated carbocycles. The van der Waals surface area contributed by atoms with E-state index in [1.807, 2.05) is 18.2 Å². The van der Waals surface area contributed by atoms with Crippen molar-refractivity contribution in [3.63, 3.8) is 0 Å². The third-order valence-corrected chi connectivity index (χ3v) is 2.87. The summed E-state index contributed by atoms with van der Waals surface area (Å²) >= 11 is 0. The molecule has 1 fully saturated rings. The Morgan fingerprint density at radius 3 is 2.00 bits per heavy atom. The van der Waals surface area contributed by atoms with Crippen molar-refractivity contribution in [2.45, 2.75) is 38.8 Å². The van der Waals surface area contributed by atoms with Gasteiger partial charge in [-0.3, -0.25) is 4.98 Å². The van der Waals surface area contributed by atoms with Gasteiger partial charge in [0.2, 0.25) is 0 Å². The highest BCUT2D eigenvalue weighted by Gasteiger charge is 2.17. The van der Waals surface area contributed by atoms with Crippen LogP contribution in [0.4, 0.5) is 0 Å². The third kappa shape index (κ3) is 5.24. The largest absolute Gasteiger partial charge is 0.328 e. The van der Waals surface area contributed by atoms with Gasteiger partial charge in [-0.1, -0.05) is 6.07 Å². The fourth-order valence-electron chi connectivity index (χ4n) is 1.75. The Hall–Kier alpha value is -0.930. The van der Waals surface area contributed by atoms with E-state index in [1.54, 1.807) is 12.4 Å². The zero-order valence-corrected chi connectivity index (χ0v) is 10.3. The molecule has 0 bridgehead atoms. The molecule has 0 unspecified atom stereocenters. The molecule has 16 heavy (non-hydrogen) atoms. The maximum Gasteiger partial charge on any atom is 0.0267 e. The summed E-state index contributed by atoms with van der Waals surface area (Å²) in [5.41, 5.74) is 5.77. The Labute approximate surface area is 98.7 Å². The van der Waals surface area contributed by atoms with Crippen LogP contribution in [0.15, 0.2) is 30.6 Å². The maximum atomic E-state index is 5.77. The molecule has 0 spiro atoms. The number of nitrogens with two attached hydrogens (primary N) is 1. The van der Waals surface area contributed by atoms with Gasteiger partial charge in [0.25, 0.3) is 0 Å². The molecule has 2 N–H and O–H groups in total. The van der Waals surface area contributed by atoms with E-state index in [0.717, 1.165) is 0 Å². The summed E-state index contributed by atoms with van der Waals surface area (Å²) in [6.07, 6.45) is 5.86. The minimum absolute atomic E-state index is 0.468. The third-order valence-electron chi connectivity index (χ3n) is 2.87. The number of pyridine rings is 1. The van der Waals surface area contributed by atoms with Gasteiger partial charge in [0.1, 0.15) is 0 Å². The average molecular weight is 221 g/mol. The summed E-state index contributed by atoms with van der Waals surface area (Å²) in [6, 6.07) is 6.88. The summed E-state index contributed by atoms with van der Waals surface area (Å²) in [4.78, 5) is 6.27. The van der Waals surface area contributed by atoms with Crippen molar-refractivity contribution in [1.82, 2.24) is 9.88 Å². The van der Waals surface area contributed by atoms with E-state index in [9.17, 15) is 0 Å². The Kier molecular flexibility index (Phi) is 6.04. The van der Waals surface area contributed by atoms with Gasteiger partial charge in [-0.2, -0.15) is 0 Å². The average Bonchev–Trinajstić information content (AvgIpc) is 2.32. The number of rotatable bonds is 1. The van der Waals surface area contributed by atoms with Gasteiger partial charge in [-0.05, 0) is 51.9 Å². The van der Waals surface area contributed by atoms with Crippen molar-refractivity contribution >= 4 is 0 Å². The molecule has 1 saturated heterocycles. The molecule has 0 radical (unpaired) electrons. The Bertz CT molecular complexity index is 226. The molecule has 1 aromatic heterocycles. The molecule has 1 aliphatic heterocycles. The summed E-state index contributed by atoms with van der Waals surface area (Å²) < 4.78 is 0. The minimum Gasteiger partial charge on any atom is -0.328 e. The highest BCUT2D eigenvalue weighted by Crippen LogP contribution is 2.10. The fourth-order valence-corrected chi connectivity index (χ4v) is 1.75. The maximum absolute atomic E-state index is 5.77. The van der Waals surface area contributed by atoms with Crippen molar-refractivity contribution in [1.29, 1.82) is 0 Å². The van der Waals surface area contributed by atoms with Gasteiger partial charge in [0, 0.05) is 24.5 Å². The predicted octanol–water partition coefficient (Wildman–Crippen LogP) is 1.90. The highest BCUT2D eigenvalue weighted by atomic mass is 15.2. The topological polar surface area (TPSA) is 42.1 Å². The van der Waals surface area contributed by atoms with Crippen LogP contribution in [0.25, 0.3) is 0 Å². The predicted molar refractivity (Wildman–Crippen MR) is 68.2 cm³/mol. The first-order valence-corrected chi connectivity index (χ1v) is 6.04. The van der Waals surface area contributed by atoms with E-state index in [0.29, 0.717) is 12.1 Å². The molecule has 2 rings (SSSR count). The van der Waals surface area contributed by atoms with E-state index in [1.165, 1.54) is 25.9 Å². The van der Waals surface area contributed by atoms with Gasteiger partial charge >= 0.3 is 0 Å². The smallest absolute Gasteiger partial charge is 0.0267 e. The number of aromatic nitrogens is 1. The van der Waals surface area contributed by atoms with Crippen LogP contribution < -0.4 is 5.73 Å². The second-order valence-electron chi connectivity index (χ2n) is 4.49. The van der Waals surface area contributed by atoms with Crippen molar-refractivity contribution in [2.75, 3.05) is 13.1 Å². The molecule has 1 aromatic rings. The highest BCUT2D eigenvalue weighted by molar-refractivity contribution is 4.88. The molecule has 90 valence electrons. The molecule has 3 heteroatoms. The lowest BCUT2D eigenvalue weighted by Crippen LogP contribution is -2.42. The van der Waals surface area contributed by atoms with Crippen LogP contribution in [0.1, 0.15) is 26.7 Å². The normalized spacial score (nSPS) is 18.0. The van der Waals surface area contributed by atoms with Crippen molar-refractivity contribution in [3.8, 4) is 0 Å². The molecular formula is C13H23N3. The Morgan fingerprint density at radius 2 is 1.69 bits per heavy atom. The molecule has 0 amide bonds. The van der Waals surface area contributed by atoms with E-state index in [-0.39, 0.29) is 0 Å². The first kappa shape index (κ1) is 13.1. The molecule has 3 nitrogen and oxygen atoms in total. The van der Waals surface area contributed by atoms with Gasteiger partial charge in [-0.25, -0.2) is 0 Å². The lowest BCUT2D eigenvalue weighted by atomic mass is 10.1. The van der Waals surface area contributed by atoms with Gasteiger partial charge in [0.05, 0.1) is 0 Å². The number of piperidine rings is 1. The van der Waals surface area contributed by atoms with E-state index in [2.05, 4.69) is 23.7 Å². The van der Waals surface area contributed by atoms with Crippen LogP contribution in [-0.2, 0) is 0 Å². The summed E-state index contributed by atoms with van der Waals surface area (Å²) in [5.74, 6) is 0. The van der Waals surface area contributed by atoms with Crippen LogP contribution in [0.2, 0.25) is 0 Å². The van der Waals surface area contributed by atoms with Gasteiger partial charge in [0.15, 0.2) is 0 Å². The van der Waals surface area contributed by atoms with Crippen molar-refractivity contribution < 1.29 is 0 Å². The van der Waals surface area contributed by atoms with Crippen molar-refractivity contribution in [2.24, 2.45) is 5.73 Å². The Morgan fingerprint density at radius 1 is 1.12 bits per heavy atom. The lowest BCUT2D eigenvalue weighted by Gasteiger charge is -2.32. The summed E-state index contributed by atoms with van der Waals surface area (Å²) in [6.45, 7) is 6.88. The summed E-state index contributed by atoms with van der Waals surface area (Å²) in [5, 5.41) is 0. The SMILES string of the molecule is CC(C)N1CCC(N)CC1.c1ccncc1. The summed E-state index contributed by atoms with van der Waals surface area (Å²) in [7, 11) is 0. The van der Waals surface area contributed by atoms with Crippen LogP contribution in [0.5, 0.6) is 0 Å². The van der Waals surface area contributed by atoms with E-state index < -0.39 is 0 Å². The standard InChI is InChI=1S/C8H18N2.C5H5N/c1-7(2)10-5-3-8(9)4-6-10;1-2-4-6-5-3-1/h7-8H,3-6,9H2,1-2H3;1-5H. The molecule has 2 heterocycles. The first-order chi connectivity index (χ1) is 7.70. The van der Waals surface area contributed by atoms with Gasteiger partial charge in [-0.15, -0.1) is 0 Å². The second-order valence-corrected chi connectivity index (χ2v) is 4.49. The molecule has 0 aliphatic carbocycles.